The minimum Gasteiger partial charge on any atom is -0.507 e. The number of carbonyl (C=O) groups is 2. The number of phenols is 1. The van der Waals surface area contributed by atoms with E-state index < -0.39 is 12.1 Å². The highest BCUT2D eigenvalue weighted by molar-refractivity contribution is 5.92. The Bertz CT molecular complexity index is 836. The van der Waals surface area contributed by atoms with Crippen LogP contribution in [0.3, 0.4) is 0 Å². The normalized spacial score (nSPS) is 13.7. The van der Waals surface area contributed by atoms with Crippen molar-refractivity contribution in [2.24, 2.45) is 5.10 Å². The van der Waals surface area contributed by atoms with E-state index in [1.54, 1.807) is 25.1 Å². The van der Waals surface area contributed by atoms with E-state index >= 15 is 0 Å². The smallest absolute Gasteiger partial charge is 0.431 e. The third-order valence-corrected chi connectivity index (χ3v) is 3.18. The van der Waals surface area contributed by atoms with Crippen molar-refractivity contribution in [3.63, 3.8) is 0 Å². The summed E-state index contributed by atoms with van der Waals surface area (Å²) < 4.78 is 5.02. The molecule has 0 atom stereocenters. The molecule has 0 fully saturated rings. The van der Waals surface area contributed by atoms with E-state index in [0.29, 0.717) is 11.3 Å². The standard InChI is InChI=1S/C15H14N6O4/c1-9-8-21(14(23)19-18-9)20-15(24)25-10-6-16-13(17-7-10)11-4-2-3-5-12(11)22/h2-7,22H,8H2,1H3,(H,19,23)(H,20,24). The summed E-state index contributed by atoms with van der Waals surface area (Å²) in [5.41, 5.74) is 5.60. The maximum absolute atomic E-state index is 11.9. The molecule has 1 aromatic heterocycles. The van der Waals surface area contributed by atoms with Gasteiger partial charge < -0.3 is 9.84 Å². The highest BCUT2D eigenvalue weighted by Crippen LogP contribution is 2.25. The molecule has 128 valence electrons. The number of rotatable bonds is 3. The quantitative estimate of drug-likeness (QED) is 0.770. The SMILES string of the molecule is CC1=NNC(=O)N(NC(=O)Oc2cnc(-c3ccccc3O)nc2)C1. The molecule has 0 saturated heterocycles. The van der Waals surface area contributed by atoms with Crippen LogP contribution in [0.2, 0.25) is 0 Å². The lowest BCUT2D eigenvalue weighted by Crippen LogP contribution is -2.54. The first-order valence-corrected chi connectivity index (χ1v) is 7.22. The molecule has 3 N–H and O–H groups in total. The summed E-state index contributed by atoms with van der Waals surface area (Å²) >= 11 is 0. The summed E-state index contributed by atoms with van der Waals surface area (Å²) in [7, 11) is 0. The number of amides is 3. The van der Waals surface area contributed by atoms with Crippen LogP contribution in [0.1, 0.15) is 6.92 Å². The van der Waals surface area contributed by atoms with Gasteiger partial charge in [0.05, 0.1) is 30.2 Å². The van der Waals surface area contributed by atoms with Crippen molar-refractivity contribution >= 4 is 17.8 Å². The van der Waals surface area contributed by atoms with Gasteiger partial charge in [-0.2, -0.15) is 5.10 Å². The van der Waals surface area contributed by atoms with E-state index in [-0.39, 0.29) is 23.9 Å². The summed E-state index contributed by atoms with van der Waals surface area (Å²) in [6, 6.07) is 6.03. The molecular weight excluding hydrogens is 328 g/mol. The molecule has 2 aromatic rings. The molecule has 0 spiro atoms. The predicted octanol–water partition coefficient (Wildman–Crippen LogP) is 1.25. The number of ether oxygens (including phenoxy) is 1. The molecule has 3 amide bonds. The zero-order valence-electron chi connectivity index (χ0n) is 13.1. The number of aromatic nitrogens is 2. The van der Waals surface area contributed by atoms with E-state index in [9.17, 15) is 14.7 Å². The number of para-hydroxylation sites is 1. The Labute approximate surface area is 142 Å². The molecule has 1 aromatic carbocycles. The monoisotopic (exact) mass is 342 g/mol. The topological polar surface area (TPSA) is 129 Å². The van der Waals surface area contributed by atoms with E-state index in [0.717, 1.165) is 5.01 Å². The number of phenolic OH excluding ortho intramolecular Hbond substituents is 1. The Hall–Kier alpha value is -3.69. The Balaban J connectivity index is 1.63. The first-order valence-electron chi connectivity index (χ1n) is 7.22. The van der Waals surface area contributed by atoms with Crippen LogP contribution in [-0.4, -0.2) is 44.5 Å². The maximum atomic E-state index is 11.9. The van der Waals surface area contributed by atoms with Gasteiger partial charge >= 0.3 is 12.1 Å². The second-order valence-corrected chi connectivity index (χ2v) is 5.11. The van der Waals surface area contributed by atoms with Crippen molar-refractivity contribution < 1.29 is 19.4 Å². The van der Waals surface area contributed by atoms with E-state index in [2.05, 4.69) is 25.9 Å². The molecule has 0 aliphatic carbocycles. The molecule has 3 rings (SSSR count). The van der Waals surface area contributed by atoms with Gasteiger partial charge in [0.15, 0.2) is 11.6 Å². The highest BCUT2D eigenvalue weighted by atomic mass is 16.6. The van der Waals surface area contributed by atoms with Gasteiger partial charge in [-0.3, -0.25) is 0 Å². The third-order valence-electron chi connectivity index (χ3n) is 3.18. The van der Waals surface area contributed by atoms with Crippen LogP contribution in [-0.2, 0) is 0 Å². The molecule has 0 saturated carbocycles. The number of hydrazone groups is 1. The Morgan fingerprint density at radius 2 is 2.04 bits per heavy atom. The maximum Gasteiger partial charge on any atom is 0.431 e. The van der Waals surface area contributed by atoms with Crippen molar-refractivity contribution in [3.8, 4) is 22.9 Å². The van der Waals surface area contributed by atoms with Crippen LogP contribution in [0, 0.1) is 0 Å². The average Bonchev–Trinajstić information content (AvgIpc) is 2.59. The molecular formula is C15H14N6O4. The van der Waals surface area contributed by atoms with Crippen LogP contribution in [0.5, 0.6) is 11.5 Å². The minimum absolute atomic E-state index is 0.0436. The van der Waals surface area contributed by atoms with E-state index in [1.807, 2.05) is 0 Å². The first-order chi connectivity index (χ1) is 12.0. The van der Waals surface area contributed by atoms with Crippen LogP contribution >= 0.6 is 0 Å². The number of aromatic hydroxyl groups is 1. The Morgan fingerprint density at radius 3 is 2.76 bits per heavy atom. The van der Waals surface area contributed by atoms with Crippen molar-refractivity contribution in [1.29, 1.82) is 0 Å². The molecule has 0 unspecified atom stereocenters. The zero-order chi connectivity index (χ0) is 17.8. The van der Waals surface area contributed by atoms with Gasteiger partial charge in [-0.15, -0.1) is 0 Å². The third kappa shape index (κ3) is 3.80. The van der Waals surface area contributed by atoms with Gasteiger partial charge in [-0.25, -0.2) is 35.4 Å². The second-order valence-electron chi connectivity index (χ2n) is 5.11. The molecule has 25 heavy (non-hydrogen) atoms. The van der Waals surface area contributed by atoms with Gasteiger partial charge in [0.25, 0.3) is 0 Å². The van der Waals surface area contributed by atoms with Crippen molar-refractivity contribution in [1.82, 2.24) is 25.8 Å². The number of nitrogens with zero attached hydrogens (tertiary/aromatic N) is 4. The number of carbonyl (C=O) groups excluding carboxylic acids is 2. The zero-order valence-corrected chi connectivity index (χ0v) is 13.1. The molecule has 0 radical (unpaired) electrons. The fourth-order valence-corrected chi connectivity index (χ4v) is 2.04. The van der Waals surface area contributed by atoms with Gasteiger partial charge in [0, 0.05) is 0 Å². The van der Waals surface area contributed by atoms with Crippen LogP contribution in [0.25, 0.3) is 11.4 Å². The molecule has 1 aliphatic heterocycles. The summed E-state index contributed by atoms with van der Waals surface area (Å²) in [6.45, 7) is 1.84. The lowest BCUT2D eigenvalue weighted by Gasteiger charge is -2.24. The fraction of sp³-hybridized carbons (Fsp3) is 0.133. The summed E-state index contributed by atoms with van der Waals surface area (Å²) in [5, 5.41) is 14.5. The second kappa shape index (κ2) is 6.83. The number of benzene rings is 1. The predicted molar refractivity (Wildman–Crippen MR) is 86.6 cm³/mol. The van der Waals surface area contributed by atoms with Gasteiger partial charge in [0.1, 0.15) is 5.75 Å². The number of hydrogen-bond donors (Lipinski definition) is 3. The minimum atomic E-state index is -0.872. The number of nitrogens with one attached hydrogen (secondary N) is 2. The number of urea groups is 1. The lowest BCUT2D eigenvalue weighted by atomic mass is 10.2. The van der Waals surface area contributed by atoms with E-state index in [4.69, 9.17) is 4.74 Å². The van der Waals surface area contributed by atoms with Crippen molar-refractivity contribution in [2.75, 3.05) is 6.54 Å². The van der Waals surface area contributed by atoms with Gasteiger partial charge in [0.2, 0.25) is 0 Å². The fourth-order valence-electron chi connectivity index (χ4n) is 2.04. The van der Waals surface area contributed by atoms with Crippen molar-refractivity contribution in [2.45, 2.75) is 6.92 Å². The number of hydrogen-bond acceptors (Lipinski definition) is 7. The van der Waals surface area contributed by atoms with Gasteiger partial charge in [-0.05, 0) is 19.1 Å². The largest absolute Gasteiger partial charge is 0.507 e. The summed E-state index contributed by atoms with van der Waals surface area (Å²) in [4.78, 5) is 31.5. The highest BCUT2D eigenvalue weighted by Gasteiger charge is 2.21. The molecule has 10 heteroatoms. The van der Waals surface area contributed by atoms with Crippen LogP contribution in [0.4, 0.5) is 9.59 Å². The first kappa shape index (κ1) is 16.2. The number of hydrazine groups is 1. The van der Waals surface area contributed by atoms with Crippen LogP contribution in [0.15, 0.2) is 41.8 Å². The Kier molecular flexibility index (Phi) is 4.42. The van der Waals surface area contributed by atoms with Crippen molar-refractivity contribution in [3.05, 3.63) is 36.7 Å². The molecule has 0 bridgehead atoms. The average molecular weight is 342 g/mol. The Morgan fingerprint density at radius 1 is 1.32 bits per heavy atom. The van der Waals surface area contributed by atoms with Gasteiger partial charge in [-0.1, -0.05) is 12.1 Å². The van der Waals surface area contributed by atoms with Crippen LogP contribution < -0.4 is 15.6 Å². The molecule has 2 heterocycles. The summed E-state index contributed by atoms with van der Waals surface area (Å²) in [5.74, 6) is 0.412. The summed E-state index contributed by atoms with van der Waals surface area (Å²) in [6.07, 6.45) is 1.71. The van der Waals surface area contributed by atoms with E-state index in [1.165, 1.54) is 18.5 Å². The molecule has 10 nitrogen and oxygen atoms in total. The molecule has 1 aliphatic rings. The lowest BCUT2D eigenvalue weighted by molar-refractivity contribution is 0.151.